The van der Waals surface area contributed by atoms with E-state index in [1.165, 1.54) is 53.2 Å². The SMILES string of the molecule is Cc1ccc2c(C3CCCCC3)c(Br)n(C)c2c1. The van der Waals surface area contributed by atoms with Crippen LogP contribution in [0.3, 0.4) is 0 Å². The normalized spacial score (nSPS) is 17.5. The molecule has 0 atom stereocenters. The molecule has 1 saturated carbocycles. The van der Waals surface area contributed by atoms with Crippen LogP contribution in [0.1, 0.15) is 49.1 Å². The van der Waals surface area contributed by atoms with E-state index in [-0.39, 0.29) is 0 Å². The Morgan fingerprint density at radius 3 is 2.61 bits per heavy atom. The molecule has 0 amide bonds. The van der Waals surface area contributed by atoms with Crippen molar-refractivity contribution in [2.45, 2.75) is 44.9 Å². The van der Waals surface area contributed by atoms with Crippen molar-refractivity contribution >= 4 is 26.8 Å². The molecule has 0 spiro atoms. The van der Waals surface area contributed by atoms with Crippen molar-refractivity contribution < 1.29 is 0 Å². The largest absolute Gasteiger partial charge is 0.338 e. The molecule has 1 heterocycles. The molecule has 2 heteroatoms. The first-order chi connectivity index (χ1) is 8.68. The fourth-order valence-corrected chi connectivity index (χ4v) is 4.05. The van der Waals surface area contributed by atoms with Crippen LogP contribution >= 0.6 is 15.9 Å². The predicted octanol–water partition coefficient (Wildman–Crippen LogP) is 5.30. The highest BCUT2D eigenvalue weighted by molar-refractivity contribution is 9.10. The van der Waals surface area contributed by atoms with Gasteiger partial charge in [-0.05, 0) is 58.8 Å². The monoisotopic (exact) mass is 305 g/mol. The number of rotatable bonds is 1. The summed E-state index contributed by atoms with van der Waals surface area (Å²) in [7, 11) is 2.16. The quantitative estimate of drug-likeness (QED) is 0.674. The Morgan fingerprint density at radius 2 is 1.89 bits per heavy atom. The zero-order valence-electron chi connectivity index (χ0n) is 11.2. The van der Waals surface area contributed by atoms with Crippen LogP contribution in [0.15, 0.2) is 22.8 Å². The van der Waals surface area contributed by atoms with Crippen LogP contribution in [0.25, 0.3) is 10.9 Å². The molecular formula is C16H20BrN. The van der Waals surface area contributed by atoms with Gasteiger partial charge in [-0.2, -0.15) is 0 Å². The number of benzene rings is 1. The summed E-state index contributed by atoms with van der Waals surface area (Å²) in [6.07, 6.45) is 6.90. The van der Waals surface area contributed by atoms with Crippen LogP contribution in [-0.4, -0.2) is 4.57 Å². The topological polar surface area (TPSA) is 4.93 Å². The van der Waals surface area contributed by atoms with Crippen LogP contribution in [0.4, 0.5) is 0 Å². The van der Waals surface area contributed by atoms with E-state index in [0.29, 0.717) is 0 Å². The van der Waals surface area contributed by atoms with Gasteiger partial charge in [0, 0.05) is 18.0 Å². The maximum atomic E-state index is 3.82. The third-order valence-corrected chi connectivity index (χ3v) is 5.29. The van der Waals surface area contributed by atoms with Crippen molar-refractivity contribution in [3.63, 3.8) is 0 Å². The van der Waals surface area contributed by atoms with Crippen molar-refractivity contribution in [2.24, 2.45) is 7.05 Å². The highest BCUT2D eigenvalue weighted by Gasteiger charge is 2.23. The minimum Gasteiger partial charge on any atom is -0.338 e. The van der Waals surface area contributed by atoms with Gasteiger partial charge in [-0.25, -0.2) is 0 Å². The summed E-state index contributed by atoms with van der Waals surface area (Å²) in [6.45, 7) is 2.17. The number of aromatic nitrogens is 1. The van der Waals surface area contributed by atoms with E-state index in [2.05, 4.69) is 52.7 Å². The van der Waals surface area contributed by atoms with Crippen molar-refractivity contribution in [1.29, 1.82) is 0 Å². The van der Waals surface area contributed by atoms with Crippen molar-refractivity contribution in [3.05, 3.63) is 33.9 Å². The lowest BCUT2D eigenvalue weighted by molar-refractivity contribution is 0.444. The lowest BCUT2D eigenvalue weighted by Gasteiger charge is -2.22. The lowest BCUT2D eigenvalue weighted by Crippen LogP contribution is -2.04. The van der Waals surface area contributed by atoms with Crippen LogP contribution in [0.2, 0.25) is 0 Å². The summed E-state index contributed by atoms with van der Waals surface area (Å²) in [5, 5.41) is 1.45. The Morgan fingerprint density at radius 1 is 1.17 bits per heavy atom. The molecule has 0 saturated heterocycles. The number of nitrogens with zero attached hydrogens (tertiary/aromatic N) is 1. The molecule has 1 fully saturated rings. The second kappa shape index (κ2) is 4.73. The zero-order valence-corrected chi connectivity index (χ0v) is 12.8. The first-order valence-corrected chi connectivity index (χ1v) is 7.72. The molecule has 1 aromatic heterocycles. The van der Waals surface area contributed by atoms with Gasteiger partial charge < -0.3 is 4.57 Å². The molecular weight excluding hydrogens is 286 g/mol. The number of fused-ring (bicyclic) bond motifs is 1. The van der Waals surface area contributed by atoms with Crippen LogP contribution in [0, 0.1) is 6.92 Å². The molecule has 1 aliphatic rings. The van der Waals surface area contributed by atoms with E-state index < -0.39 is 0 Å². The molecule has 1 aromatic carbocycles. The van der Waals surface area contributed by atoms with Gasteiger partial charge in [0.25, 0.3) is 0 Å². The second-order valence-corrected chi connectivity index (χ2v) is 6.37. The van der Waals surface area contributed by atoms with E-state index >= 15 is 0 Å². The maximum Gasteiger partial charge on any atom is 0.0890 e. The summed E-state index contributed by atoms with van der Waals surface area (Å²) >= 11 is 3.82. The highest BCUT2D eigenvalue weighted by Crippen LogP contribution is 2.41. The summed E-state index contributed by atoms with van der Waals surface area (Å²) < 4.78 is 3.58. The summed E-state index contributed by atoms with van der Waals surface area (Å²) in [5.41, 5.74) is 4.25. The van der Waals surface area contributed by atoms with E-state index in [0.717, 1.165) is 5.92 Å². The molecule has 0 unspecified atom stereocenters. The molecule has 0 radical (unpaired) electrons. The summed E-state index contributed by atoms with van der Waals surface area (Å²) in [6, 6.07) is 6.84. The second-order valence-electron chi connectivity index (χ2n) is 5.62. The molecule has 1 aliphatic carbocycles. The summed E-state index contributed by atoms with van der Waals surface area (Å²) in [4.78, 5) is 0. The third-order valence-electron chi connectivity index (χ3n) is 4.33. The Labute approximate surface area is 117 Å². The number of hydrogen-bond donors (Lipinski definition) is 0. The predicted molar refractivity (Wildman–Crippen MR) is 81.2 cm³/mol. The van der Waals surface area contributed by atoms with Gasteiger partial charge in [0.1, 0.15) is 0 Å². The van der Waals surface area contributed by atoms with E-state index in [9.17, 15) is 0 Å². The van der Waals surface area contributed by atoms with Gasteiger partial charge in [0.05, 0.1) is 4.60 Å². The van der Waals surface area contributed by atoms with Gasteiger partial charge in [-0.3, -0.25) is 0 Å². The molecule has 3 rings (SSSR count). The number of halogens is 1. The zero-order chi connectivity index (χ0) is 12.7. The lowest BCUT2D eigenvalue weighted by atomic mass is 9.84. The fourth-order valence-electron chi connectivity index (χ4n) is 3.32. The molecule has 1 nitrogen and oxygen atoms in total. The molecule has 96 valence electrons. The fraction of sp³-hybridized carbons (Fsp3) is 0.500. The average Bonchev–Trinajstić information content (AvgIpc) is 2.64. The van der Waals surface area contributed by atoms with Crippen molar-refractivity contribution in [1.82, 2.24) is 4.57 Å². The van der Waals surface area contributed by atoms with Gasteiger partial charge in [-0.15, -0.1) is 0 Å². The minimum atomic E-state index is 0.750. The Kier molecular flexibility index (Phi) is 3.23. The smallest absolute Gasteiger partial charge is 0.0890 e. The highest BCUT2D eigenvalue weighted by atomic mass is 79.9. The standard InChI is InChI=1S/C16H20BrN/c1-11-8-9-13-14(10-11)18(2)16(17)15(13)12-6-4-3-5-7-12/h8-10,12H,3-7H2,1-2H3. The minimum absolute atomic E-state index is 0.750. The van der Waals surface area contributed by atoms with E-state index in [1.807, 2.05) is 0 Å². The third kappa shape index (κ3) is 1.91. The van der Waals surface area contributed by atoms with E-state index in [1.54, 1.807) is 5.56 Å². The first kappa shape index (κ1) is 12.3. The van der Waals surface area contributed by atoms with Gasteiger partial charge in [0.2, 0.25) is 0 Å². The number of aryl methyl sites for hydroxylation is 2. The molecule has 0 aliphatic heterocycles. The molecule has 18 heavy (non-hydrogen) atoms. The van der Waals surface area contributed by atoms with Crippen molar-refractivity contribution in [3.8, 4) is 0 Å². The van der Waals surface area contributed by atoms with Crippen molar-refractivity contribution in [2.75, 3.05) is 0 Å². The van der Waals surface area contributed by atoms with Gasteiger partial charge in [-0.1, -0.05) is 31.4 Å². The Balaban J connectivity index is 2.18. The van der Waals surface area contributed by atoms with Crippen LogP contribution < -0.4 is 0 Å². The maximum absolute atomic E-state index is 3.82. The van der Waals surface area contributed by atoms with Gasteiger partial charge >= 0.3 is 0 Å². The van der Waals surface area contributed by atoms with Crippen LogP contribution in [0.5, 0.6) is 0 Å². The van der Waals surface area contributed by atoms with E-state index in [4.69, 9.17) is 0 Å². The van der Waals surface area contributed by atoms with Gasteiger partial charge in [0.15, 0.2) is 0 Å². The van der Waals surface area contributed by atoms with Crippen LogP contribution in [-0.2, 0) is 7.05 Å². The average molecular weight is 306 g/mol. The summed E-state index contributed by atoms with van der Waals surface area (Å²) in [5.74, 6) is 0.750. The number of hydrogen-bond acceptors (Lipinski definition) is 0. The Bertz CT molecular complexity index is 576. The molecule has 0 N–H and O–H groups in total. The Hall–Kier alpha value is -0.760. The molecule has 2 aromatic rings. The molecule has 0 bridgehead atoms. The first-order valence-electron chi connectivity index (χ1n) is 6.93.